The van der Waals surface area contributed by atoms with Crippen LogP contribution in [-0.2, 0) is 4.79 Å². The van der Waals surface area contributed by atoms with E-state index in [2.05, 4.69) is 17.6 Å². The van der Waals surface area contributed by atoms with Crippen molar-refractivity contribution in [2.24, 2.45) is 11.8 Å². The van der Waals surface area contributed by atoms with Gasteiger partial charge in [0.05, 0.1) is 13.1 Å². The van der Waals surface area contributed by atoms with Crippen LogP contribution >= 0.6 is 0 Å². The zero-order valence-corrected chi connectivity index (χ0v) is 10.6. The molecule has 1 saturated carbocycles. The molecule has 0 aliphatic heterocycles. The van der Waals surface area contributed by atoms with Gasteiger partial charge in [-0.2, -0.15) is 13.2 Å². The molecular formula is C12H21F3N2O. The van der Waals surface area contributed by atoms with Crippen LogP contribution in [0.2, 0.25) is 0 Å². The van der Waals surface area contributed by atoms with Crippen LogP contribution in [0.4, 0.5) is 13.2 Å². The molecule has 0 aromatic rings. The smallest absolute Gasteiger partial charge is 0.355 e. The van der Waals surface area contributed by atoms with Crippen LogP contribution in [0.15, 0.2) is 0 Å². The predicted octanol–water partition coefficient (Wildman–Crippen LogP) is 2.08. The van der Waals surface area contributed by atoms with Gasteiger partial charge in [-0.25, -0.2) is 0 Å². The van der Waals surface area contributed by atoms with Gasteiger partial charge in [0.2, 0.25) is 5.91 Å². The molecule has 0 aromatic heterocycles. The quantitative estimate of drug-likeness (QED) is 0.800. The van der Waals surface area contributed by atoms with Crippen molar-refractivity contribution >= 4 is 5.91 Å². The fourth-order valence-corrected chi connectivity index (χ4v) is 2.38. The van der Waals surface area contributed by atoms with Gasteiger partial charge in [0.25, 0.3) is 0 Å². The Balaban J connectivity index is 2.09. The predicted molar refractivity (Wildman–Crippen MR) is 63.1 cm³/mol. The van der Waals surface area contributed by atoms with E-state index in [0.717, 1.165) is 12.8 Å². The summed E-state index contributed by atoms with van der Waals surface area (Å²) < 4.78 is 35.5. The molecule has 2 atom stereocenters. The first-order chi connectivity index (χ1) is 8.37. The summed E-state index contributed by atoms with van der Waals surface area (Å²) in [7, 11) is 0. The summed E-state index contributed by atoms with van der Waals surface area (Å²) in [5.41, 5.74) is 0. The highest BCUT2D eigenvalue weighted by atomic mass is 19.4. The van der Waals surface area contributed by atoms with Gasteiger partial charge in [-0.1, -0.05) is 19.8 Å². The highest BCUT2D eigenvalue weighted by Crippen LogP contribution is 2.27. The molecule has 6 heteroatoms. The number of amides is 1. The van der Waals surface area contributed by atoms with E-state index in [0.29, 0.717) is 18.4 Å². The molecular weight excluding hydrogens is 245 g/mol. The van der Waals surface area contributed by atoms with E-state index < -0.39 is 12.7 Å². The van der Waals surface area contributed by atoms with Crippen molar-refractivity contribution in [2.75, 3.05) is 19.6 Å². The number of carbonyl (C=O) groups is 1. The zero-order valence-electron chi connectivity index (χ0n) is 10.6. The van der Waals surface area contributed by atoms with Crippen LogP contribution in [-0.4, -0.2) is 31.7 Å². The molecule has 1 amide bonds. The lowest BCUT2D eigenvalue weighted by molar-refractivity contribution is -0.128. The van der Waals surface area contributed by atoms with E-state index in [1.807, 2.05) is 0 Å². The number of carbonyl (C=O) groups excluding carboxylic acids is 1. The molecule has 1 aliphatic rings. The van der Waals surface area contributed by atoms with Crippen molar-refractivity contribution in [3.63, 3.8) is 0 Å². The van der Waals surface area contributed by atoms with E-state index >= 15 is 0 Å². The maximum absolute atomic E-state index is 11.8. The first kappa shape index (κ1) is 15.3. The van der Waals surface area contributed by atoms with Crippen LogP contribution in [0.25, 0.3) is 0 Å². The Hall–Kier alpha value is -0.780. The molecule has 18 heavy (non-hydrogen) atoms. The van der Waals surface area contributed by atoms with Crippen LogP contribution in [0.3, 0.4) is 0 Å². The molecule has 0 aromatic carbocycles. The SMILES string of the molecule is CC1CCCC(CNC(=O)CNCC(F)(F)F)C1. The Bertz CT molecular complexity index is 269. The van der Waals surface area contributed by atoms with E-state index in [1.165, 1.54) is 12.8 Å². The molecule has 0 bridgehead atoms. The van der Waals surface area contributed by atoms with Crippen LogP contribution in [0.5, 0.6) is 0 Å². The van der Waals surface area contributed by atoms with Crippen LogP contribution in [0, 0.1) is 11.8 Å². The van der Waals surface area contributed by atoms with Crippen molar-refractivity contribution in [3.8, 4) is 0 Å². The third-order valence-corrected chi connectivity index (χ3v) is 3.24. The average Bonchev–Trinajstić information content (AvgIpc) is 2.25. The number of halogens is 3. The minimum absolute atomic E-state index is 0.276. The lowest BCUT2D eigenvalue weighted by atomic mass is 9.82. The molecule has 1 aliphatic carbocycles. The zero-order chi connectivity index (χ0) is 13.6. The third kappa shape index (κ3) is 6.83. The molecule has 2 unspecified atom stereocenters. The summed E-state index contributed by atoms with van der Waals surface area (Å²) >= 11 is 0. The Morgan fingerprint density at radius 3 is 2.67 bits per heavy atom. The van der Waals surface area contributed by atoms with Gasteiger partial charge in [-0.05, 0) is 24.7 Å². The van der Waals surface area contributed by atoms with Crippen LogP contribution in [0.1, 0.15) is 32.6 Å². The molecule has 1 rings (SSSR count). The summed E-state index contributed by atoms with van der Waals surface area (Å²) in [6.07, 6.45) is 0.335. The molecule has 1 fully saturated rings. The molecule has 0 saturated heterocycles. The van der Waals surface area contributed by atoms with Gasteiger partial charge in [-0.3, -0.25) is 4.79 Å². The Morgan fingerprint density at radius 2 is 2.06 bits per heavy atom. The minimum atomic E-state index is -4.26. The van der Waals surface area contributed by atoms with Crippen molar-refractivity contribution in [1.29, 1.82) is 0 Å². The normalized spacial score (nSPS) is 24.9. The maximum Gasteiger partial charge on any atom is 0.401 e. The van der Waals surface area contributed by atoms with Crippen molar-refractivity contribution < 1.29 is 18.0 Å². The van der Waals surface area contributed by atoms with Gasteiger partial charge >= 0.3 is 6.18 Å². The molecule has 0 heterocycles. The van der Waals surface area contributed by atoms with Gasteiger partial charge in [-0.15, -0.1) is 0 Å². The Labute approximate surface area is 106 Å². The van der Waals surface area contributed by atoms with E-state index in [9.17, 15) is 18.0 Å². The number of rotatable bonds is 5. The molecule has 0 spiro atoms. The molecule has 3 nitrogen and oxygen atoms in total. The molecule has 2 N–H and O–H groups in total. The second-order valence-corrected chi connectivity index (χ2v) is 5.16. The second kappa shape index (κ2) is 6.97. The summed E-state index contributed by atoms with van der Waals surface area (Å²) in [6.45, 7) is 1.37. The Kier molecular flexibility index (Phi) is 5.91. The van der Waals surface area contributed by atoms with Crippen LogP contribution < -0.4 is 10.6 Å². The number of alkyl halides is 3. The summed E-state index contributed by atoms with van der Waals surface area (Å²) in [4.78, 5) is 11.3. The van der Waals surface area contributed by atoms with Crippen molar-refractivity contribution in [3.05, 3.63) is 0 Å². The van der Waals surface area contributed by atoms with Gasteiger partial charge in [0.15, 0.2) is 0 Å². The number of nitrogens with one attached hydrogen (secondary N) is 2. The van der Waals surface area contributed by atoms with Gasteiger partial charge in [0, 0.05) is 6.54 Å². The molecule has 106 valence electrons. The fraction of sp³-hybridized carbons (Fsp3) is 0.917. The van der Waals surface area contributed by atoms with E-state index in [4.69, 9.17) is 0 Å². The summed E-state index contributed by atoms with van der Waals surface area (Å²) in [6, 6.07) is 0. The first-order valence-electron chi connectivity index (χ1n) is 6.41. The molecule has 0 radical (unpaired) electrons. The monoisotopic (exact) mass is 266 g/mol. The number of hydrogen-bond donors (Lipinski definition) is 2. The topological polar surface area (TPSA) is 41.1 Å². The van der Waals surface area contributed by atoms with E-state index in [-0.39, 0.29) is 12.5 Å². The average molecular weight is 266 g/mol. The summed E-state index contributed by atoms with van der Waals surface area (Å²) in [5, 5.41) is 4.77. The fourth-order valence-electron chi connectivity index (χ4n) is 2.38. The van der Waals surface area contributed by atoms with Crippen molar-refractivity contribution in [1.82, 2.24) is 10.6 Å². The van der Waals surface area contributed by atoms with Gasteiger partial charge < -0.3 is 10.6 Å². The number of hydrogen-bond acceptors (Lipinski definition) is 2. The lowest BCUT2D eigenvalue weighted by Crippen LogP contribution is -2.40. The first-order valence-corrected chi connectivity index (χ1v) is 6.41. The summed E-state index contributed by atoms with van der Waals surface area (Å²) in [5.74, 6) is 0.793. The Morgan fingerprint density at radius 1 is 1.33 bits per heavy atom. The van der Waals surface area contributed by atoms with E-state index in [1.54, 1.807) is 0 Å². The standard InChI is InChI=1S/C12H21F3N2O/c1-9-3-2-4-10(5-9)6-17-11(18)7-16-8-12(13,14)15/h9-10,16H,2-8H2,1H3,(H,17,18). The van der Waals surface area contributed by atoms with Gasteiger partial charge in [0.1, 0.15) is 0 Å². The minimum Gasteiger partial charge on any atom is -0.355 e. The lowest BCUT2D eigenvalue weighted by Gasteiger charge is -2.26. The highest BCUT2D eigenvalue weighted by Gasteiger charge is 2.26. The largest absolute Gasteiger partial charge is 0.401 e. The maximum atomic E-state index is 11.8. The third-order valence-electron chi connectivity index (χ3n) is 3.24. The van der Waals surface area contributed by atoms with Crippen molar-refractivity contribution in [2.45, 2.75) is 38.8 Å². The second-order valence-electron chi connectivity index (χ2n) is 5.16. The highest BCUT2D eigenvalue weighted by molar-refractivity contribution is 5.77.